The van der Waals surface area contributed by atoms with Gasteiger partial charge >= 0.3 is 0 Å². The van der Waals surface area contributed by atoms with Crippen molar-refractivity contribution in [2.45, 2.75) is 37.2 Å². The molecule has 0 saturated heterocycles. The van der Waals surface area contributed by atoms with Crippen LogP contribution >= 0.6 is 0 Å². The van der Waals surface area contributed by atoms with Gasteiger partial charge in [-0.2, -0.15) is 0 Å². The predicted octanol–water partition coefficient (Wildman–Crippen LogP) is 4.11. The summed E-state index contributed by atoms with van der Waals surface area (Å²) in [4.78, 5) is 0. The van der Waals surface area contributed by atoms with Gasteiger partial charge in [0.25, 0.3) is 0 Å². The maximum absolute atomic E-state index is 10.9. The fourth-order valence-electron chi connectivity index (χ4n) is 3.85. The Morgan fingerprint density at radius 1 is 0.952 bits per heavy atom. The Balaban J connectivity index is 1.46. The first-order valence-electron chi connectivity index (χ1n) is 7.80. The first-order chi connectivity index (χ1) is 10.2. The Labute approximate surface area is 126 Å². The number of hydrogen-bond acceptors (Lipinski definition) is 1. The van der Waals surface area contributed by atoms with Crippen LogP contribution in [0.25, 0.3) is 6.08 Å². The van der Waals surface area contributed by atoms with Crippen molar-refractivity contribution in [3.05, 3.63) is 76.9 Å². The maximum Gasteiger partial charge on any atom is 0.0728 e. The summed E-state index contributed by atoms with van der Waals surface area (Å²) in [6.07, 6.45) is 8.01. The fourth-order valence-corrected chi connectivity index (χ4v) is 3.85. The molecule has 106 valence electrons. The first-order valence-corrected chi connectivity index (χ1v) is 7.80. The Kier molecular flexibility index (Phi) is 2.97. The highest BCUT2D eigenvalue weighted by atomic mass is 16.3. The minimum atomic E-state index is -0.547. The molecule has 2 aromatic rings. The van der Waals surface area contributed by atoms with Crippen molar-refractivity contribution >= 4 is 6.08 Å². The van der Waals surface area contributed by atoms with Crippen molar-refractivity contribution in [2.24, 2.45) is 0 Å². The Morgan fingerprint density at radius 3 is 2.38 bits per heavy atom. The molecule has 1 unspecified atom stereocenters. The predicted molar refractivity (Wildman–Crippen MR) is 86.3 cm³/mol. The zero-order chi connectivity index (χ0) is 14.3. The summed E-state index contributed by atoms with van der Waals surface area (Å²) < 4.78 is 0. The molecule has 0 fully saturated rings. The molecule has 0 aromatic heterocycles. The van der Waals surface area contributed by atoms with Crippen LogP contribution in [0.5, 0.6) is 0 Å². The third kappa shape index (κ3) is 2.32. The molecule has 1 atom stereocenters. The lowest BCUT2D eigenvalue weighted by Gasteiger charge is -2.24. The van der Waals surface area contributed by atoms with Crippen LogP contribution in [0.2, 0.25) is 0 Å². The number of aliphatic hydroxyl groups is 1. The second-order valence-electron chi connectivity index (χ2n) is 6.48. The van der Waals surface area contributed by atoms with Crippen LogP contribution in [0.15, 0.2) is 54.6 Å². The largest absolute Gasteiger partial charge is 0.389 e. The SMILES string of the molecule is OC1(CCC2C=Cc3ccccc32)Cc2ccccc2C1. The van der Waals surface area contributed by atoms with Gasteiger partial charge in [0.15, 0.2) is 0 Å². The van der Waals surface area contributed by atoms with Crippen LogP contribution in [0.1, 0.15) is 41.0 Å². The summed E-state index contributed by atoms with van der Waals surface area (Å²) in [6.45, 7) is 0. The van der Waals surface area contributed by atoms with Crippen LogP contribution in [0.4, 0.5) is 0 Å². The van der Waals surface area contributed by atoms with Gasteiger partial charge in [-0.3, -0.25) is 0 Å². The van der Waals surface area contributed by atoms with E-state index in [2.05, 4.69) is 60.7 Å². The highest BCUT2D eigenvalue weighted by Crippen LogP contribution is 2.38. The van der Waals surface area contributed by atoms with Crippen molar-refractivity contribution in [2.75, 3.05) is 0 Å². The lowest BCUT2D eigenvalue weighted by Crippen LogP contribution is -2.29. The molecule has 0 spiro atoms. The summed E-state index contributed by atoms with van der Waals surface area (Å²) in [5.74, 6) is 0.467. The summed E-state index contributed by atoms with van der Waals surface area (Å²) in [5, 5.41) is 10.9. The molecule has 0 radical (unpaired) electrons. The summed E-state index contributed by atoms with van der Waals surface area (Å²) in [7, 11) is 0. The molecule has 0 amide bonds. The smallest absolute Gasteiger partial charge is 0.0728 e. The number of allylic oxidation sites excluding steroid dienone is 1. The average molecular weight is 276 g/mol. The summed E-state index contributed by atoms with van der Waals surface area (Å²) in [5.41, 5.74) is 4.85. The average Bonchev–Trinajstić information content (AvgIpc) is 3.05. The minimum absolute atomic E-state index is 0.467. The molecule has 0 heterocycles. The molecule has 2 aliphatic carbocycles. The van der Waals surface area contributed by atoms with E-state index in [0.29, 0.717) is 5.92 Å². The topological polar surface area (TPSA) is 20.2 Å². The van der Waals surface area contributed by atoms with Crippen molar-refractivity contribution in [1.82, 2.24) is 0 Å². The molecule has 21 heavy (non-hydrogen) atoms. The lowest BCUT2D eigenvalue weighted by molar-refractivity contribution is 0.0395. The van der Waals surface area contributed by atoms with Gasteiger partial charge in [-0.05, 0) is 35.1 Å². The van der Waals surface area contributed by atoms with Gasteiger partial charge in [-0.1, -0.05) is 60.7 Å². The van der Waals surface area contributed by atoms with Crippen molar-refractivity contribution in [1.29, 1.82) is 0 Å². The number of benzene rings is 2. The summed E-state index contributed by atoms with van der Waals surface area (Å²) >= 11 is 0. The molecule has 2 aliphatic rings. The fraction of sp³-hybridized carbons (Fsp3) is 0.300. The molecule has 1 nitrogen and oxygen atoms in total. The maximum atomic E-state index is 10.9. The number of hydrogen-bond donors (Lipinski definition) is 1. The van der Waals surface area contributed by atoms with E-state index in [1.54, 1.807) is 0 Å². The van der Waals surface area contributed by atoms with E-state index in [0.717, 1.165) is 25.7 Å². The second-order valence-corrected chi connectivity index (χ2v) is 6.48. The van der Waals surface area contributed by atoms with Crippen molar-refractivity contribution < 1.29 is 5.11 Å². The van der Waals surface area contributed by atoms with Crippen LogP contribution in [-0.4, -0.2) is 10.7 Å². The third-order valence-corrected chi connectivity index (χ3v) is 4.98. The summed E-state index contributed by atoms with van der Waals surface area (Å²) in [6, 6.07) is 17.0. The standard InChI is InChI=1S/C20H20O/c21-20(13-17-6-1-2-7-18(17)14-20)12-11-16-10-9-15-5-3-4-8-19(15)16/h1-10,16,21H,11-14H2. The lowest BCUT2D eigenvalue weighted by atomic mass is 9.87. The molecule has 1 N–H and O–H groups in total. The Morgan fingerprint density at radius 2 is 1.62 bits per heavy atom. The normalized spacial score (nSPS) is 21.3. The molecule has 4 rings (SSSR count). The Bertz CT molecular complexity index is 673. The van der Waals surface area contributed by atoms with Gasteiger partial charge in [-0.15, -0.1) is 0 Å². The molecule has 2 aromatic carbocycles. The van der Waals surface area contributed by atoms with E-state index in [4.69, 9.17) is 0 Å². The second kappa shape index (κ2) is 4.85. The van der Waals surface area contributed by atoms with Gasteiger partial charge < -0.3 is 5.11 Å². The van der Waals surface area contributed by atoms with Crippen molar-refractivity contribution in [3.8, 4) is 0 Å². The van der Waals surface area contributed by atoms with Crippen LogP contribution in [0.3, 0.4) is 0 Å². The Hall–Kier alpha value is -1.86. The van der Waals surface area contributed by atoms with Gasteiger partial charge in [0.05, 0.1) is 5.60 Å². The van der Waals surface area contributed by atoms with Crippen molar-refractivity contribution in [3.63, 3.8) is 0 Å². The number of fused-ring (bicyclic) bond motifs is 2. The van der Waals surface area contributed by atoms with E-state index >= 15 is 0 Å². The zero-order valence-electron chi connectivity index (χ0n) is 12.1. The monoisotopic (exact) mass is 276 g/mol. The molecule has 0 aliphatic heterocycles. The highest BCUT2D eigenvalue weighted by Gasteiger charge is 2.35. The first kappa shape index (κ1) is 12.8. The molecular weight excluding hydrogens is 256 g/mol. The molecule has 0 saturated carbocycles. The van der Waals surface area contributed by atoms with E-state index < -0.39 is 5.60 Å². The zero-order valence-corrected chi connectivity index (χ0v) is 12.1. The van der Waals surface area contributed by atoms with E-state index in [-0.39, 0.29) is 0 Å². The van der Waals surface area contributed by atoms with Crippen LogP contribution in [-0.2, 0) is 12.8 Å². The van der Waals surface area contributed by atoms with Gasteiger partial charge in [0.2, 0.25) is 0 Å². The number of rotatable bonds is 3. The van der Waals surface area contributed by atoms with E-state index in [1.165, 1.54) is 22.3 Å². The van der Waals surface area contributed by atoms with Gasteiger partial charge in [0.1, 0.15) is 0 Å². The minimum Gasteiger partial charge on any atom is -0.389 e. The molecule has 0 bridgehead atoms. The third-order valence-electron chi connectivity index (χ3n) is 4.98. The molecule has 1 heteroatoms. The van der Waals surface area contributed by atoms with E-state index in [1.807, 2.05) is 0 Å². The van der Waals surface area contributed by atoms with Crippen LogP contribution < -0.4 is 0 Å². The molecular formula is C20H20O. The quantitative estimate of drug-likeness (QED) is 0.894. The van der Waals surface area contributed by atoms with E-state index in [9.17, 15) is 5.11 Å². The highest BCUT2D eigenvalue weighted by molar-refractivity contribution is 5.62. The van der Waals surface area contributed by atoms with Gasteiger partial charge in [-0.25, -0.2) is 0 Å². The van der Waals surface area contributed by atoms with Gasteiger partial charge in [0, 0.05) is 18.8 Å². The van der Waals surface area contributed by atoms with Crippen LogP contribution in [0, 0.1) is 0 Å².